The van der Waals surface area contributed by atoms with Crippen LogP contribution in [-0.2, 0) is 0 Å². The van der Waals surface area contributed by atoms with E-state index in [1.807, 2.05) is 36.5 Å². The number of methoxy groups -OCH3 is 1. The van der Waals surface area contributed by atoms with Gasteiger partial charge in [0.2, 0.25) is 0 Å². The molecule has 0 amide bonds. The Morgan fingerprint density at radius 3 is 2.73 bits per heavy atom. The summed E-state index contributed by atoms with van der Waals surface area (Å²) in [5, 5.41) is 2.05. The number of hydrogen-bond acceptors (Lipinski definition) is 4. The van der Waals surface area contributed by atoms with E-state index in [9.17, 15) is 0 Å². The molecule has 0 saturated heterocycles. The van der Waals surface area contributed by atoms with Crippen LogP contribution in [0.3, 0.4) is 0 Å². The first-order valence-corrected chi connectivity index (χ1v) is 7.67. The van der Waals surface area contributed by atoms with Crippen molar-refractivity contribution in [1.82, 2.24) is 14.3 Å². The summed E-state index contributed by atoms with van der Waals surface area (Å²) < 4.78 is 9.70. The number of aromatic amines is 1. The van der Waals surface area contributed by atoms with Gasteiger partial charge in [0.1, 0.15) is 10.8 Å². The molecule has 4 nitrogen and oxygen atoms in total. The van der Waals surface area contributed by atoms with Gasteiger partial charge < -0.3 is 9.72 Å². The summed E-state index contributed by atoms with van der Waals surface area (Å²) in [7, 11) is 1.66. The van der Waals surface area contributed by atoms with Crippen molar-refractivity contribution >= 4 is 22.4 Å². The van der Waals surface area contributed by atoms with Gasteiger partial charge in [-0.15, -0.1) is 0 Å². The second kappa shape index (κ2) is 5.27. The third-order valence-electron chi connectivity index (χ3n) is 3.60. The van der Waals surface area contributed by atoms with E-state index < -0.39 is 0 Å². The fourth-order valence-electron chi connectivity index (χ4n) is 2.46. The zero-order chi connectivity index (χ0) is 14.9. The van der Waals surface area contributed by atoms with Crippen LogP contribution in [0.25, 0.3) is 32.9 Å². The zero-order valence-corrected chi connectivity index (χ0v) is 12.7. The van der Waals surface area contributed by atoms with Crippen molar-refractivity contribution in [2.45, 2.75) is 0 Å². The van der Waals surface area contributed by atoms with E-state index in [4.69, 9.17) is 4.74 Å². The first kappa shape index (κ1) is 13.0. The molecule has 4 rings (SSSR count). The first-order valence-electron chi connectivity index (χ1n) is 6.90. The molecular weight excluding hydrogens is 294 g/mol. The molecular formula is C17H13N3OS. The fourth-order valence-corrected chi connectivity index (χ4v) is 3.15. The van der Waals surface area contributed by atoms with Crippen LogP contribution in [0.1, 0.15) is 0 Å². The summed E-state index contributed by atoms with van der Waals surface area (Å²) in [5.41, 5.74) is 3.19. The zero-order valence-electron chi connectivity index (χ0n) is 11.9. The molecule has 0 spiro atoms. The van der Waals surface area contributed by atoms with Gasteiger partial charge in [-0.3, -0.25) is 0 Å². The smallest absolute Gasteiger partial charge is 0.174 e. The molecule has 0 unspecified atom stereocenters. The molecule has 2 heterocycles. The molecule has 0 aliphatic rings. The van der Waals surface area contributed by atoms with Crippen LogP contribution in [0.15, 0.2) is 54.7 Å². The average Bonchev–Trinajstić information content (AvgIpc) is 3.24. The molecule has 0 radical (unpaired) electrons. The van der Waals surface area contributed by atoms with Crippen molar-refractivity contribution in [3.8, 4) is 27.7 Å². The second-order valence-corrected chi connectivity index (χ2v) is 5.65. The molecule has 1 N–H and O–H groups in total. The molecule has 2 aromatic heterocycles. The van der Waals surface area contributed by atoms with E-state index in [0.717, 1.165) is 38.6 Å². The van der Waals surface area contributed by atoms with Crippen molar-refractivity contribution in [2.24, 2.45) is 0 Å². The van der Waals surface area contributed by atoms with Gasteiger partial charge in [-0.25, -0.2) is 4.98 Å². The van der Waals surface area contributed by atoms with Crippen LogP contribution in [0.5, 0.6) is 5.75 Å². The number of ether oxygens (including phenoxy) is 1. The Labute approximate surface area is 131 Å². The van der Waals surface area contributed by atoms with Gasteiger partial charge >= 0.3 is 0 Å². The van der Waals surface area contributed by atoms with Crippen LogP contribution < -0.4 is 4.74 Å². The van der Waals surface area contributed by atoms with E-state index >= 15 is 0 Å². The number of hydrogen-bond donors (Lipinski definition) is 1. The molecule has 22 heavy (non-hydrogen) atoms. The van der Waals surface area contributed by atoms with Crippen molar-refractivity contribution in [2.75, 3.05) is 7.11 Å². The van der Waals surface area contributed by atoms with Gasteiger partial charge in [0.25, 0.3) is 0 Å². The van der Waals surface area contributed by atoms with E-state index in [2.05, 4.69) is 32.5 Å². The Kier molecular flexibility index (Phi) is 3.12. The number of fused-ring (bicyclic) bond motifs is 1. The minimum absolute atomic E-state index is 0.765. The van der Waals surface area contributed by atoms with Crippen molar-refractivity contribution in [1.29, 1.82) is 0 Å². The standard InChI is InChI=1S/C17H13N3OS/c1-21-12-7-5-11(6-8-12)17-19-16(20-22-17)14-3-2-4-15-13(14)9-10-18-15/h2-10,18H,1H3. The van der Waals surface area contributed by atoms with E-state index in [0.29, 0.717) is 0 Å². The molecule has 0 atom stereocenters. The Balaban J connectivity index is 1.76. The average molecular weight is 307 g/mol. The van der Waals surface area contributed by atoms with Crippen LogP contribution in [0.2, 0.25) is 0 Å². The van der Waals surface area contributed by atoms with Gasteiger partial charge in [0.15, 0.2) is 5.82 Å². The van der Waals surface area contributed by atoms with Crippen molar-refractivity contribution < 1.29 is 4.74 Å². The number of H-pyrrole nitrogens is 1. The molecule has 108 valence electrons. The number of aromatic nitrogens is 3. The largest absolute Gasteiger partial charge is 0.497 e. The van der Waals surface area contributed by atoms with Gasteiger partial charge in [-0.05, 0) is 47.9 Å². The first-order chi connectivity index (χ1) is 10.8. The Bertz CT molecular complexity index is 924. The topological polar surface area (TPSA) is 50.8 Å². The number of rotatable bonds is 3. The second-order valence-electron chi connectivity index (χ2n) is 4.90. The van der Waals surface area contributed by atoms with Crippen LogP contribution in [-0.4, -0.2) is 21.5 Å². The summed E-state index contributed by atoms with van der Waals surface area (Å²) in [4.78, 5) is 7.90. The lowest BCUT2D eigenvalue weighted by Gasteiger charge is -2.00. The Morgan fingerprint density at radius 1 is 1.05 bits per heavy atom. The summed E-state index contributed by atoms with van der Waals surface area (Å²) in [6.07, 6.45) is 1.94. The predicted molar refractivity (Wildman–Crippen MR) is 89.2 cm³/mol. The Hall–Kier alpha value is -2.66. The van der Waals surface area contributed by atoms with Gasteiger partial charge in [0.05, 0.1) is 7.11 Å². The molecule has 0 aliphatic heterocycles. The van der Waals surface area contributed by atoms with E-state index in [1.165, 1.54) is 11.5 Å². The fraction of sp³-hybridized carbons (Fsp3) is 0.0588. The van der Waals surface area contributed by atoms with Gasteiger partial charge in [-0.1, -0.05) is 12.1 Å². The van der Waals surface area contributed by atoms with Crippen LogP contribution >= 0.6 is 11.5 Å². The quantitative estimate of drug-likeness (QED) is 0.611. The minimum Gasteiger partial charge on any atom is -0.497 e. The third kappa shape index (κ3) is 2.16. The summed E-state index contributed by atoms with van der Waals surface area (Å²) >= 11 is 1.41. The molecule has 0 aliphatic carbocycles. The van der Waals surface area contributed by atoms with Crippen molar-refractivity contribution in [3.63, 3.8) is 0 Å². The lowest BCUT2D eigenvalue weighted by atomic mass is 10.1. The maximum absolute atomic E-state index is 5.18. The monoisotopic (exact) mass is 307 g/mol. The normalized spacial score (nSPS) is 11.0. The summed E-state index contributed by atoms with van der Waals surface area (Å²) in [5.74, 6) is 1.60. The highest BCUT2D eigenvalue weighted by Gasteiger charge is 2.11. The molecule has 4 aromatic rings. The maximum atomic E-state index is 5.18. The highest BCUT2D eigenvalue weighted by molar-refractivity contribution is 7.09. The van der Waals surface area contributed by atoms with E-state index in [1.54, 1.807) is 7.11 Å². The predicted octanol–water partition coefficient (Wildman–Crippen LogP) is 4.36. The number of benzene rings is 2. The third-order valence-corrected chi connectivity index (χ3v) is 4.36. The minimum atomic E-state index is 0.765. The molecule has 0 bridgehead atoms. The van der Waals surface area contributed by atoms with Gasteiger partial charge in [0, 0.05) is 28.2 Å². The highest BCUT2D eigenvalue weighted by Crippen LogP contribution is 2.30. The SMILES string of the molecule is COc1ccc(-c2nc(-c3cccc4[nH]ccc34)ns2)cc1. The molecule has 0 fully saturated rings. The summed E-state index contributed by atoms with van der Waals surface area (Å²) in [6, 6.07) is 16.0. The Morgan fingerprint density at radius 2 is 1.91 bits per heavy atom. The molecule has 5 heteroatoms. The van der Waals surface area contributed by atoms with E-state index in [-0.39, 0.29) is 0 Å². The lowest BCUT2D eigenvalue weighted by Crippen LogP contribution is -1.84. The maximum Gasteiger partial charge on any atom is 0.174 e. The molecule has 0 saturated carbocycles. The van der Waals surface area contributed by atoms with Crippen molar-refractivity contribution in [3.05, 3.63) is 54.7 Å². The van der Waals surface area contributed by atoms with Gasteiger partial charge in [-0.2, -0.15) is 4.37 Å². The van der Waals surface area contributed by atoms with Crippen LogP contribution in [0.4, 0.5) is 0 Å². The number of nitrogens with one attached hydrogen (secondary N) is 1. The molecule has 2 aromatic carbocycles. The lowest BCUT2D eigenvalue weighted by molar-refractivity contribution is 0.415. The van der Waals surface area contributed by atoms with Crippen LogP contribution in [0, 0.1) is 0 Å². The highest BCUT2D eigenvalue weighted by atomic mass is 32.1. The summed E-state index contributed by atoms with van der Waals surface area (Å²) in [6.45, 7) is 0. The number of nitrogens with zero attached hydrogens (tertiary/aromatic N) is 2.